The molecule has 3 rings (SSSR count). The van der Waals surface area contributed by atoms with Gasteiger partial charge in [-0.2, -0.15) is 0 Å². The van der Waals surface area contributed by atoms with Crippen molar-refractivity contribution in [1.82, 2.24) is 9.80 Å². The molecule has 0 saturated carbocycles. The van der Waals surface area contributed by atoms with Gasteiger partial charge in [-0.1, -0.05) is 12.1 Å². The number of halogens is 1. The van der Waals surface area contributed by atoms with Crippen molar-refractivity contribution in [3.8, 4) is 11.5 Å². The molecule has 11 heteroatoms. The van der Waals surface area contributed by atoms with E-state index in [1.165, 1.54) is 42.1 Å². The predicted octanol–water partition coefficient (Wildman–Crippen LogP) is 3.93. The zero-order chi connectivity index (χ0) is 24.3. The first-order valence-corrected chi connectivity index (χ1v) is 11.0. The van der Waals surface area contributed by atoms with Crippen LogP contribution in [-0.4, -0.2) is 52.4 Å². The van der Waals surface area contributed by atoms with Crippen molar-refractivity contribution in [3.63, 3.8) is 0 Å². The minimum Gasteiger partial charge on any atom is -0.490 e. The Bertz CT molecular complexity index is 1160. The van der Waals surface area contributed by atoms with Gasteiger partial charge in [-0.25, -0.2) is 0 Å². The molecule has 1 fully saturated rings. The van der Waals surface area contributed by atoms with Crippen LogP contribution in [0.2, 0.25) is 0 Å². The molecule has 1 aliphatic rings. The summed E-state index contributed by atoms with van der Waals surface area (Å²) in [6, 6.07) is 9.48. The van der Waals surface area contributed by atoms with E-state index in [0.29, 0.717) is 33.7 Å². The van der Waals surface area contributed by atoms with E-state index in [4.69, 9.17) is 21.7 Å². The Balaban J connectivity index is 1.93. The van der Waals surface area contributed by atoms with Crippen LogP contribution in [-0.2, 0) is 16.2 Å². The Kier molecular flexibility index (Phi) is 7.44. The number of ether oxygens (including phenoxy) is 2. The molecule has 2 amide bonds. The summed E-state index contributed by atoms with van der Waals surface area (Å²) >= 11 is 8.56. The number of rotatable bonds is 7. The first-order valence-electron chi connectivity index (χ1n) is 9.78. The molecule has 1 aliphatic heterocycles. The van der Waals surface area contributed by atoms with Gasteiger partial charge in [0.05, 0.1) is 16.0 Å². The number of non-ortho nitro benzene ring substituents is 1. The van der Waals surface area contributed by atoms with Gasteiger partial charge in [0.25, 0.3) is 17.5 Å². The molecule has 0 unspecified atom stereocenters. The fraction of sp³-hybridized carbons (Fsp3) is 0.227. The van der Waals surface area contributed by atoms with Gasteiger partial charge in [0, 0.05) is 26.2 Å². The van der Waals surface area contributed by atoms with Crippen molar-refractivity contribution in [1.29, 1.82) is 0 Å². The monoisotopic (exact) mass is 533 g/mol. The Morgan fingerprint density at radius 1 is 1.12 bits per heavy atom. The van der Waals surface area contributed by atoms with Crippen molar-refractivity contribution in [3.05, 3.63) is 67.7 Å². The molecule has 1 saturated heterocycles. The van der Waals surface area contributed by atoms with E-state index < -0.39 is 16.7 Å². The van der Waals surface area contributed by atoms with E-state index in [2.05, 4.69) is 15.9 Å². The van der Waals surface area contributed by atoms with Crippen LogP contribution >= 0.6 is 28.1 Å². The maximum atomic E-state index is 12.6. The number of carbonyl (C=O) groups excluding carboxylic acids is 2. The highest BCUT2D eigenvalue weighted by molar-refractivity contribution is 9.10. The molecule has 0 atom stereocenters. The highest BCUT2D eigenvalue weighted by Crippen LogP contribution is 2.38. The number of amides is 2. The largest absolute Gasteiger partial charge is 0.490 e. The van der Waals surface area contributed by atoms with Crippen LogP contribution < -0.4 is 9.47 Å². The lowest BCUT2D eigenvalue weighted by molar-refractivity contribution is -0.384. The summed E-state index contributed by atoms with van der Waals surface area (Å²) in [5.74, 6) is -0.217. The smallest absolute Gasteiger partial charge is 0.269 e. The van der Waals surface area contributed by atoms with Gasteiger partial charge >= 0.3 is 0 Å². The van der Waals surface area contributed by atoms with Crippen molar-refractivity contribution < 1.29 is 24.0 Å². The van der Waals surface area contributed by atoms with Gasteiger partial charge in [0.1, 0.15) is 12.2 Å². The molecule has 0 aromatic heterocycles. The number of nitro benzene ring substituents is 1. The summed E-state index contributed by atoms with van der Waals surface area (Å²) < 4.78 is 12.1. The number of benzene rings is 2. The highest BCUT2D eigenvalue weighted by atomic mass is 79.9. The predicted molar refractivity (Wildman–Crippen MR) is 129 cm³/mol. The molecule has 172 valence electrons. The average molecular weight is 534 g/mol. The molecule has 9 nitrogen and oxygen atoms in total. The second kappa shape index (κ2) is 10.1. The van der Waals surface area contributed by atoms with Crippen LogP contribution in [0.4, 0.5) is 5.69 Å². The number of carbonyl (C=O) groups is 2. The molecule has 0 radical (unpaired) electrons. The quantitative estimate of drug-likeness (QED) is 0.174. The molecule has 0 N–H and O–H groups in total. The van der Waals surface area contributed by atoms with E-state index in [9.17, 15) is 19.7 Å². The zero-order valence-corrected chi connectivity index (χ0v) is 20.4. The van der Waals surface area contributed by atoms with Gasteiger partial charge < -0.3 is 9.47 Å². The highest BCUT2D eigenvalue weighted by Gasteiger charge is 2.35. The minimum atomic E-state index is -0.497. The summed E-state index contributed by atoms with van der Waals surface area (Å²) in [5, 5.41) is 11.1. The molecule has 33 heavy (non-hydrogen) atoms. The van der Waals surface area contributed by atoms with Crippen LogP contribution in [0.3, 0.4) is 0 Å². The summed E-state index contributed by atoms with van der Waals surface area (Å²) in [5.41, 5.74) is 1.09. The van der Waals surface area contributed by atoms with Crippen molar-refractivity contribution in [2.75, 3.05) is 20.7 Å². The van der Waals surface area contributed by atoms with E-state index in [0.717, 1.165) is 0 Å². The number of likely N-dealkylation sites (N-methyl/N-ethyl adjacent to an activating group) is 2. The van der Waals surface area contributed by atoms with Crippen molar-refractivity contribution >= 4 is 56.8 Å². The van der Waals surface area contributed by atoms with E-state index in [-0.39, 0.29) is 23.0 Å². The normalized spacial score (nSPS) is 13.9. The van der Waals surface area contributed by atoms with Crippen molar-refractivity contribution in [2.45, 2.75) is 13.5 Å². The topological polar surface area (TPSA) is 102 Å². The van der Waals surface area contributed by atoms with Crippen LogP contribution in [0.1, 0.15) is 18.1 Å². The van der Waals surface area contributed by atoms with Gasteiger partial charge in [0.15, 0.2) is 16.6 Å². The summed E-state index contributed by atoms with van der Waals surface area (Å²) in [6.07, 6.45) is 1.47. The van der Waals surface area contributed by atoms with E-state index >= 15 is 0 Å². The number of hydrogen-bond donors (Lipinski definition) is 0. The van der Waals surface area contributed by atoms with Crippen molar-refractivity contribution in [2.24, 2.45) is 0 Å². The summed E-state index contributed by atoms with van der Waals surface area (Å²) in [4.78, 5) is 38.2. The molecular formula is C22H20BrN3O6S. The van der Waals surface area contributed by atoms with Gasteiger partial charge in [-0.05, 0) is 64.4 Å². The molecule has 2 aromatic carbocycles. The number of hydrogen-bond acceptors (Lipinski definition) is 7. The molecular weight excluding hydrogens is 514 g/mol. The van der Waals surface area contributed by atoms with Crippen LogP contribution in [0.25, 0.3) is 6.08 Å². The van der Waals surface area contributed by atoms with E-state index in [1.54, 1.807) is 24.3 Å². The molecule has 0 bridgehead atoms. The summed E-state index contributed by atoms with van der Waals surface area (Å²) in [6.45, 7) is 2.23. The maximum Gasteiger partial charge on any atom is 0.269 e. The van der Waals surface area contributed by atoms with Crippen LogP contribution in [0, 0.1) is 10.1 Å². The lowest BCUT2D eigenvalue weighted by atomic mass is 10.1. The maximum absolute atomic E-state index is 12.6. The Labute approximate surface area is 203 Å². The standard InChI is InChI=1S/C22H20BrN3O6S/c1-4-31-18-11-14(9-16-20(27)24(2)22(33)25(3)21(16)28)10-17(23)19(18)32-12-13-6-5-7-15(8-13)26(29)30/h5-11H,4,12H2,1-3H3. The van der Waals surface area contributed by atoms with Gasteiger partial charge in [-0.15, -0.1) is 0 Å². The number of nitro groups is 1. The zero-order valence-electron chi connectivity index (χ0n) is 18.0. The van der Waals surface area contributed by atoms with E-state index in [1.807, 2.05) is 6.92 Å². The molecule has 0 spiro atoms. The second-order valence-electron chi connectivity index (χ2n) is 7.05. The van der Waals surface area contributed by atoms with Crippen LogP contribution in [0.15, 0.2) is 46.4 Å². The molecule has 2 aromatic rings. The fourth-order valence-electron chi connectivity index (χ4n) is 3.13. The third-order valence-corrected chi connectivity index (χ3v) is 5.93. The van der Waals surface area contributed by atoms with Gasteiger partial charge in [-0.3, -0.25) is 29.5 Å². The summed E-state index contributed by atoms with van der Waals surface area (Å²) in [7, 11) is 3.02. The Morgan fingerprint density at radius 2 is 1.79 bits per heavy atom. The second-order valence-corrected chi connectivity index (χ2v) is 8.27. The lowest BCUT2D eigenvalue weighted by Crippen LogP contribution is -2.52. The van der Waals surface area contributed by atoms with Gasteiger partial charge in [0.2, 0.25) is 0 Å². The number of nitrogens with zero attached hydrogens (tertiary/aromatic N) is 3. The molecule has 0 aliphatic carbocycles. The Morgan fingerprint density at radius 3 is 2.39 bits per heavy atom. The van der Waals surface area contributed by atoms with Crippen LogP contribution in [0.5, 0.6) is 11.5 Å². The first-order chi connectivity index (χ1) is 15.6. The fourth-order valence-corrected chi connectivity index (χ4v) is 3.87. The first kappa shape index (κ1) is 24.3. The minimum absolute atomic E-state index is 0.0293. The number of thiocarbonyl (C=S) groups is 1. The lowest BCUT2D eigenvalue weighted by Gasteiger charge is -2.31. The average Bonchev–Trinajstić information content (AvgIpc) is 2.79. The third-order valence-electron chi connectivity index (χ3n) is 4.79. The SMILES string of the molecule is CCOc1cc(C=C2C(=O)N(C)C(=S)N(C)C2=O)cc(Br)c1OCc1cccc([N+](=O)[O-])c1. The Hall–Kier alpha value is -3.31. The molecule has 1 heterocycles. The third kappa shape index (κ3) is 5.20.